The molecule has 0 unspecified atom stereocenters. The van der Waals surface area contributed by atoms with Crippen LogP contribution >= 0.6 is 11.6 Å². The van der Waals surface area contributed by atoms with Crippen LogP contribution < -0.4 is 4.74 Å². The lowest BCUT2D eigenvalue weighted by molar-refractivity contribution is -0.129. The fourth-order valence-electron chi connectivity index (χ4n) is 2.90. The Morgan fingerprint density at radius 1 is 1.38 bits per heavy atom. The Balaban J connectivity index is 1.84. The molecule has 2 aromatic rings. The Hall–Kier alpha value is -2.06. The lowest BCUT2D eigenvalue weighted by Crippen LogP contribution is -2.35. The van der Waals surface area contributed by atoms with Gasteiger partial charge in [0.2, 0.25) is 5.91 Å². The van der Waals surface area contributed by atoms with E-state index in [0.29, 0.717) is 17.3 Å². The monoisotopic (exact) mass is 397 g/mol. The summed E-state index contributed by atoms with van der Waals surface area (Å²) in [5.74, 6) is -0.174. The molecule has 0 radical (unpaired) electrons. The topological polar surface area (TPSA) is 81.5 Å². The number of aryl methyl sites for hydroxylation is 1. The number of fused-ring (bicyclic) bond motifs is 1. The maximum Gasteiger partial charge on any atom is 0.238 e. The molecular weight excluding hydrogens is 378 g/mol. The molecule has 0 aliphatic carbocycles. The normalized spacial score (nSPS) is 13.3. The lowest BCUT2D eigenvalue weighted by atomic mass is 10.1. The van der Waals surface area contributed by atoms with Gasteiger partial charge in [0.05, 0.1) is 18.2 Å². The molecule has 1 aromatic carbocycles. The third-order valence-corrected chi connectivity index (χ3v) is 5.15. The van der Waals surface area contributed by atoms with Gasteiger partial charge in [0, 0.05) is 32.5 Å². The van der Waals surface area contributed by atoms with Crippen molar-refractivity contribution in [2.45, 2.75) is 19.5 Å². The average molecular weight is 398 g/mol. The molecule has 1 aliphatic rings. The van der Waals surface area contributed by atoms with Gasteiger partial charge in [0.1, 0.15) is 17.2 Å². The van der Waals surface area contributed by atoms with Gasteiger partial charge in [-0.25, -0.2) is 8.42 Å². The van der Waals surface area contributed by atoms with Gasteiger partial charge in [-0.2, -0.15) is 5.10 Å². The van der Waals surface area contributed by atoms with E-state index in [1.165, 1.54) is 4.90 Å². The van der Waals surface area contributed by atoms with E-state index in [-0.39, 0.29) is 13.1 Å². The third kappa shape index (κ3) is 4.56. The smallest absolute Gasteiger partial charge is 0.238 e. The number of rotatable bonds is 6. The number of benzene rings is 1. The minimum atomic E-state index is -3.44. The van der Waals surface area contributed by atoms with Crippen molar-refractivity contribution in [3.63, 3.8) is 0 Å². The quantitative estimate of drug-likeness (QED) is 0.739. The highest BCUT2D eigenvalue weighted by atomic mass is 35.5. The molecule has 1 amide bonds. The second-order valence-electron chi connectivity index (χ2n) is 6.46. The molecule has 0 N–H and O–H groups in total. The summed E-state index contributed by atoms with van der Waals surface area (Å²) >= 11 is 6.15. The lowest BCUT2D eigenvalue weighted by Gasteiger charge is -2.22. The molecule has 2 heterocycles. The Morgan fingerprint density at radius 2 is 2.15 bits per heavy atom. The van der Waals surface area contributed by atoms with Crippen LogP contribution in [0.25, 0.3) is 0 Å². The van der Waals surface area contributed by atoms with Gasteiger partial charge in [0.15, 0.2) is 9.84 Å². The number of aromatic nitrogens is 2. The van der Waals surface area contributed by atoms with E-state index in [0.717, 1.165) is 29.6 Å². The predicted octanol–water partition coefficient (Wildman–Crippen LogP) is 1.58. The van der Waals surface area contributed by atoms with Crippen LogP contribution in [0.1, 0.15) is 16.8 Å². The number of hydrogen-bond acceptors (Lipinski definition) is 5. The van der Waals surface area contributed by atoms with Gasteiger partial charge < -0.3 is 9.64 Å². The minimum absolute atomic E-state index is 0.140. The van der Waals surface area contributed by atoms with E-state index in [2.05, 4.69) is 5.10 Å². The second kappa shape index (κ2) is 7.28. The largest absolute Gasteiger partial charge is 0.493 e. The van der Waals surface area contributed by atoms with Crippen molar-refractivity contribution in [1.82, 2.24) is 14.7 Å². The summed E-state index contributed by atoms with van der Waals surface area (Å²) in [6, 6.07) is 5.75. The first kappa shape index (κ1) is 18.7. The minimum Gasteiger partial charge on any atom is -0.493 e. The van der Waals surface area contributed by atoms with Gasteiger partial charge in [-0.15, -0.1) is 0 Å². The zero-order valence-electron chi connectivity index (χ0n) is 14.6. The Kier molecular flexibility index (Phi) is 5.24. The van der Waals surface area contributed by atoms with E-state index in [1.54, 1.807) is 17.9 Å². The number of carbonyl (C=O) groups excluding carboxylic acids is 1. The van der Waals surface area contributed by atoms with Gasteiger partial charge in [-0.3, -0.25) is 9.48 Å². The van der Waals surface area contributed by atoms with E-state index in [1.807, 2.05) is 18.2 Å². The number of sulfone groups is 1. The first-order valence-electron chi connectivity index (χ1n) is 8.09. The number of nitrogens with zero attached hydrogens (tertiary/aromatic N) is 3. The van der Waals surface area contributed by atoms with E-state index >= 15 is 0 Å². The summed E-state index contributed by atoms with van der Waals surface area (Å²) in [4.78, 5) is 14.0. The summed E-state index contributed by atoms with van der Waals surface area (Å²) < 4.78 is 30.2. The molecule has 3 rings (SSSR count). The molecule has 0 saturated carbocycles. The highest BCUT2D eigenvalue weighted by Gasteiger charge is 2.22. The summed E-state index contributed by atoms with van der Waals surface area (Å²) in [6.07, 6.45) is 3.51. The van der Waals surface area contributed by atoms with E-state index in [4.69, 9.17) is 16.3 Å². The number of hydrogen-bond donors (Lipinski definition) is 0. The average Bonchev–Trinajstić information content (AvgIpc) is 3.10. The number of ether oxygens (including phenoxy) is 1. The van der Waals surface area contributed by atoms with Crippen molar-refractivity contribution in [2.75, 3.05) is 18.6 Å². The molecule has 26 heavy (non-hydrogen) atoms. The van der Waals surface area contributed by atoms with Crippen LogP contribution in [0.3, 0.4) is 0 Å². The highest BCUT2D eigenvalue weighted by Crippen LogP contribution is 2.27. The number of amides is 1. The number of halogens is 1. The van der Waals surface area contributed by atoms with Gasteiger partial charge >= 0.3 is 0 Å². The first-order valence-corrected chi connectivity index (χ1v) is 10.5. The molecule has 0 spiro atoms. The van der Waals surface area contributed by atoms with Crippen molar-refractivity contribution >= 4 is 27.3 Å². The van der Waals surface area contributed by atoms with Gasteiger partial charge in [-0.1, -0.05) is 23.7 Å². The van der Waals surface area contributed by atoms with Crippen molar-refractivity contribution in [3.05, 3.63) is 46.2 Å². The predicted molar refractivity (Wildman–Crippen MR) is 97.8 cm³/mol. The summed E-state index contributed by atoms with van der Waals surface area (Å²) in [7, 11) is -1.70. The van der Waals surface area contributed by atoms with Crippen molar-refractivity contribution in [2.24, 2.45) is 7.05 Å². The van der Waals surface area contributed by atoms with Gasteiger partial charge in [-0.05, 0) is 17.2 Å². The zero-order chi connectivity index (χ0) is 18.9. The molecule has 140 valence electrons. The van der Waals surface area contributed by atoms with E-state index in [9.17, 15) is 13.2 Å². The van der Waals surface area contributed by atoms with Crippen molar-refractivity contribution in [3.8, 4) is 5.75 Å². The van der Waals surface area contributed by atoms with Crippen LogP contribution in [0.4, 0.5) is 0 Å². The molecule has 1 aliphatic heterocycles. The molecule has 0 saturated heterocycles. The fraction of sp³-hybridized carbons (Fsp3) is 0.412. The molecule has 0 fully saturated rings. The number of carbonyl (C=O) groups is 1. The molecule has 1 aromatic heterocycles. The van der Waals surface area contributed by atoms with Crippen LogP contribution in [-0.4, -0.2) is 47.6 Å². The summed E-state index contributed by atoms with van der Waals surface area (Å²) in [5, 5.41) is 4.69. The first-order chi connectivity index (χ1) is 12.2. The molecule has 0 bridgehead atoms. The van der Waals surface area contributed by atoms with Gasteiger partial charge in [0.25, 0.3) is 0 Å². The molecule has 7 nitrogen and oxygen atoms in total. The summed E-state index contributed by atoms with van der Waals surface area (Å²) in [6.45, 7) is 1.06. The van der Waals surface area contributed by atoms with Crippen molar-refractivity contribution < 1.29 is 17.9 Å². The molecule has 0 atom stereocenters. The van der Waals surface area contributed by atoms with Crippen LogP contribution in [-0.2, 0) is 41.2 Å². The van der Waals surface area contributed by atoms with E-state index < -0.39 is 21.5 Å². The third-order valence-electron chi connectivity index (χ3n) is 4.06. The van der Waals surface area contributed by atoms with Crippen LogP contribution in [0.15, 0.2) is 24.4 Å². The highest BCUT2D eigenvalue weighted by molar-refractivity contribution is 7.91. The maximum absolute atomic E-state index is 12.6. The van der Waals surface area contributed by atoms with Crippen LogP contribution in [0.5, 0.6) is 5.75 Å². The molecule has 9 heteroatoms. The maximum atomic E-state index is 12.6. The fourth-order valence-corrected chi connectivity index (χ4v) is 3.77. The Labute approximate surface area is 157 Å². The van der Waals surface area contributed by atoms with Crippen LogP contribution in [0.2, 0.25) is 5.02 Å². The Bertz CT molecular complexity index is 939. The second-order valence-corrected chi connectivity index (χ2v) is 9.01. The molecular formula is C17H20ClN3O4S. The van der Waals surface area contributed by atoms with Crippen LogP contribution in [0, 0.1) is 0 Å². The van der Waals surface area contributed by atoms with Crippen molar-refractivity contribution in [1.29, 1.82) is 0 Å². The SMILES string of the molecule is Cn1cc(Cl)c(CN(Cc2ccc3c(c2)CCO3)C(=O)CS(C)(=O)=O)n1. The Morgan fingerprint density at radius 3 is 2.81 bits per heavy atom. The summed E-state index contributed by atoms with van der Waals surface area (Å²) in [5.41, 5.74) is 2.53. The zero-order valence-corrected chi connectivity index (χ0v) is 16.2. The standard InChI is InChI=1S/C17H20ClN3O4S/c1-20-9-14(18)15(19-20)10-21(17(22)11-26(2,23)24)8-12-3-4-16-13(7-12)5-6-25-16/h3-4,7,9H,5-6,8,10-11H2,1-2H3.